The van der Waals surface area contributed by atoms with Gasteiger partial charge < -0.3 is 15.6 Å². The first kappa shape index (κ1) is 23.0. The molecule has 2 aromatic carbocycles. The second-order valence-corrected chi connectivity index (χ2v) is 8.35. The number of pyridine rings is 1. The molecule has 1 aliphatic rings. The number of carbonyl (C=O) groups is 1. The molecule has 3 heterocycles. The summed E-state index contributed by atoms with van der Waals surface area (Å²) in [6, 6.07) is 13.8. The molecule has 1 amide bonds. The largest absolute Gasteiger partial charge is 0.417 e. The number of anilines is 1. The lowest BCUT2D eigenvalue weighted by Crippen LogP contribution is -2.43. The van der Waals surface area contributed by atoms with Crippen molar-refractivity contribution < 1.29 is 18.0 Å². The molecular weight excluding hydrogens is 457 g/mol. The third kappa shape index (κ3) is 5.03. The van der Waals surface area contributed by atoms with Gasteiger partial charge in [0.15, 0.2) is 0 Å². The first-order valence-electron chi connectivity index (χ1n) is 11.2. The minimum atomic E-state index is -4.53. The Morgan fingerprint density at radius 3 is 2.57 bits per heavy atom. The Balaban J connectivity index is 1.37. The van der Waals surface area contributed by atoms with E-state index in [1.807, 2.05) is 6.07 Å². The van der Waals surface area contributed by atoms with Crippen molar-refractivity contribution in [2.75, 3.05) is 31.5 Å². The van der Waals surface area contributed by atoms with E-state index in [-0.39, 0.29) is 17.0 Å². The Hall–Kier alpha value is -3.76. The van der Waals surface area contributed by atoms with E-state index >= 15 is 0 Å². The molecule has 0 unspecified atom stereocenters. The molecule has 2 aromatic heterocycles. The van der Waals surface area contributed by atoms with E-state index in [4.69, 9.17) is 0 Å². The number of amides is 1. The number of carbonyl (C=O) groups excluding carboxylic acids is 1. The molecule has 0 spiro atoms. The van der Waals surface area contributed by atoms with Gasteiger partial charge in [0.25, 0.3) is 5.91 Å². The predicted octanol–water partition coefficient (Wildman–Crippen LogP) is 4.30. The van der Waals surface area contributed by atoms with Gasteiger partial charge in [-0.1, -0.05) is 24.3 Å². The number of aromatic nitrogens is 3. The van der Waals surface area contributed by atoms with Crippen molar-refractivity contribution in [1.29, 1.82) is 0 Å². The number of imidazole rings is 1. The highest BCUT2D eigenvalue weighted by Crippen LogP contribution is 2.36. The molecule has 180 valence electrons. The fraction of sp³-hybridized carbons (Fsp3) is 0.240. The molecule has 0 bridgehead atoms. The quantitative estimate of drug-likeness (QED) is 0.397. The third-order valence-electron chi connectivity index (χ3n) is 5.92. The SMILES string of the molecule is O=C(Nc1ccc(CN2CCNCC2)nc1)c1cccc2[nH]c(-c3ccccc3C(F)(F)F)nc12. The Morgan fingerprint density at radius 2 is 1.83 bits per heavy atom. The van der Waals surface area contributed by atoms with Crippen LogP contribution in [0, 0.1) is 0 Å². The number of hydrogen-bond acceptors (Lipinski definition) is 5. The van der Waals surface area contributed by atoms with E-state index < -0.39 is 17.6 Å². The second-order valence-electron chi connectivity index (χ2n) is 8.35. The number of hydrogen-bond donors (Lipinski definition) is 3. The number of benzene rings is 2. The molecule has 5 rings (SSSR count). The van der Waals surface area contributed by atoms with Gasteiger partial charge in [-0.05, 0) is 30.3 Å². The summed E-state index contributed by atoms with van der Waals surface area (Å²) in [5.74, 6) is -0.374. The van der Waals surface area contributed by atoms with Crippen LogP contribution >= 0.6 is 0 Å². The molecule has 1 saturated heterocycles. The molecule has 0 saturated carbocycles. The van der Waals surface area contributed by atoms with Crippen LogP contribution in [0.1, 0.15) is 21.6 Å². The normalized spacial score (nSPS) is 14.8. The average Bonchev–Trinajstić information content (AvgIpc) is 3.30. The minimum absolute atomic E-state index is 0.0482. The minimum Gasteiger partial charge on any atom is -0.338 e. The fourth-order valence-electron chi connectivity index (χ4n) is 4.17. The van der Waals surface area contributed by atoms with Crippen molar-refractivity contribution in [2.24, 2.45) is 0 Å². The molecule has 35 heavy (non-hydrogen) atoms. The maximum atomic E-state index is 13.5. The van der Waals surface area contributed by atoms with E-state index in [1.165, 1.54) is 18.2 Å². The summed E-state index contributed by atoms with van der Waals surface area (Å²) in [4.78, 5) is 27.0. The van der Waals surface area contributed by atoms with Crippen LogP contribution in [0.15, 0.2) is 60.8 Å². The van der Waals surface area contributed by atoms with E-state index in [1.54, 1.807) is 30.5 Å². The van der Waals surface area contributed by atoms with Crippen LogP contribution in [0.5, 0.6) is 0 Å². The number of nitrogens with one attached hydrogen (secondary N) is 3. The van der Waals surface area contributed by atoms with Crippen molar-refractivity contribution in [3.8, 4) is 11.4 Å². The standard InChI is InChI=1S/C25H23F3N6O/c26-25(27,28)20-6-2-1-4-18(20)23-32-21-7-3-5-19(22(21)33-23)24(35)31-16-8-9-17(30-14-16)15-34-12-10-29-11-13-34/h1-9,14,29H,10-13,15H2,(H,31,35)(H,32,33). The summed E-state index contributed by atoms with van der Waals surface area (Å²) < 4.78 is 40.4. The van der Waals surface area contributed by atoms with Crippen molar-refractivity contribution in [2.45, 2.75) is 12.7 Å². The maximum Gasteiger partial charge on any atom is 0.417 e. The van der Waals surface area contributed by atoms with E-state index in [0.29, 0.717) is 16.7 Å². The van der Waals surface area contributed by atoms with E-state index in [0.717, 1.165) is 44.5 Å². The molecule has 0 aliphatic carbocycles. The van der Waals surface area contributed by atoms with Gasteiger partial charge in [0.2, 0.25) is 0 Å². The molecule has 1 fully saturated rings. The maximum absolute atomic E-state index is 13.5. The van der Waals surface area contributed by atoms with Crippen LogP contribution in [-0.4, -0.2) is 51.9 Å². The monoisotopic (exact) mass is 480 g/mol. The number of fused-ring (bicyclic) bond motifs is 1. The number of piperazine rings is 1. The fourth-order valence-corrected chi connectivity index (χ4v) is 4.17. The summed E-state index contributed by atoms with van der Waals surface area (Å²) in [5, 5.41) is 6.12. The molecule has 7 nitrogen and oxygen atoms in total. The number of H-pyrrole nitrogens is 1. The molecule has 0 radical (unpaired) electrons. The molecule has 3 N–H and O–H groups in total. The van der Waals surface area contributed by atoms with Crippen LogP contribution in [-0.2, 0) is 12.7 Å². The van der Waals surface area contributed by atoms with Crippen molar-refractivity contribution in [3.05, 3.63) is 77.6 Å². The number of para-hydroxylation sites is 1. The number of nitrogens with zero attached hydrogens (tertiary/aromatic N) is 3. The number of rotatable bonds is 5. The highest BCUT2D eigenvalue weighted by Gasteiger charge is 2.34. The Morgan fingerprint density at radius 1 is 1.03 bits per heavy atom. The zero-order valence-corrected chi connectivity index (χ0v) is 18.7. The van der Waals surface area contributed by atoms with Crippen molar-refractivity contribution >= 4 is 22.6 Å². The van der Waals surface area contributed by atoms with Crippen LogP contribution < -0.4 is 10.6 Å². The molecule has 0 atom stereocenters. The van der Waals surface area contributed by atoms with Gasteiger partial charge in [0, 0.05) is 38.3 Å². The second kappa shape index (κ2) is 9.47. The number of halogens is 3. The smallest absolute Gasteiger partial charge is 0.338 e. The van der Waals surface area contributed by atoms with Gasteiger partial charge >= 0.3 is 6.18 Å². The van der Waals surface area contributed by atoms with Gasteiger partial charge in [-0.2, -0.15) is 13.2 Å². The van der Waals surface area contributed by atoms with Gasteiger partial charge in [0.1, 0.15) is 11.3 Å². The van der Waals surface area contributed by atoms with Gasteiger partial charge in [-0.15, -0.1) is 0 Å². The van der Waals surface area contributed by atoms with Gasteiger partial charge in [-0.25, -0.2) is 4.98 Å². The molecule has 10 heteroatoms. The van der Waals surface area contributed by atoms with Crippen LogP contribution in [0.2, 0.25) is 0 Å². The Kier molecular flexibility index (Phi) is 6.23. The summed E-state index contributed by atoms with van der Waals surface area (Å²) >= 11 is 0. The zero-order chi connectivity index (χ0) is 24.4. The Bertz CT molecular complexity index is 1340. The van der Waals surface area contributed by atoms with Crippen LogP contribution in [0.4, 0.5) is 18.9 Å². The summed E-state index contributed by atoms with van der Waals surface area (Å²) in [6.45, 7) is 4.57. The van der Waals surface area contributed by atoms with E-state index in [9.17, 15) is 18.0 Å². The first-order valence-corrected chi connectivity index (χ1v) is 11.2. The number of aromatic amines is 1. The van der Waals surface area contributed by atoms with Crippen molar-refractivity contribution in [3.63, 3.8) is 0 Å². The molecule has 4 aromatic rings. The lowest BCUT2D eigenvalue weighted by molar-refractivity contribution is -0.137. The highest BCUT2D eigenvalue weighted by atomic mass is 19.4. The van der Waals surface area contributed by atoms with E-state index in [2.05, 4.69) is 30.5 Å². The topological polar surface area (TPSA) is 85.9 Å². The van der Waals surface area contributed by atoms with Crippen molar-refractivity contribution in [1.82, 2.24) is 25.2 Å². The Labute approximate surface area is 199 Å². The predicted molar refractivity (Wildman–Crippen MR) is 127 cm³/mol. The molecule has 1 aliphatic heterocycles. The highest BCUT2D eigenvalue weighted by molar-refractivity contribution is 6.11. The summed E-state index contributed by atoms with van der Waals surface area (Å²) in [5.41, 5.74) is 1.57. The lowest BCUT2D eigenvalue weighted by Gasteiger charge is -2.26. The summed E-state index contributed by atoms with van der Waals surface area (Å²) in [7, 11) is 0. The zero-order valence-electron chi connectivity index (χ0n) is 18.7. The van der Waals surface area contributed by atoms with Gasteiger partial charge in [-0.3, -0.25) is 14.7 Å². The summed E-state index contributed by atoms with van der Waals surface area (Å²) in [6.07, 6.45) is -2.93. The molecular formula is C25H23F3N6O. The lowest BCUT2D eigenvalue weighted by atomic mass is 10.1. The number of alkyl halides is 3. The average molecular weight is 480 g/mol. The van der Waals surface area contributed by atoms with Gasteiger partial charge in [0.05, 0.1) is 34.2 Å². The third-order valence-corrected chi connectivity index (χ3v) is 5.92. The van der Waals surface area contributed by atoms with Crippen LogP contribution in [0.25, 0.3) is 22.4 Å². The first-order chi connectivity index (χ1) is 16.9. The van der Waals surface area contributed by atoms with Crippen LogP contribution in [0.3, 0.4) is 0 Å².